The van der Waals surface area contributed by atoms with Crippen molar-refractivity contribution in [1.29, 1.82) is 0 Å². The maximum absolute atomic E-state index is 4.38. The Morgan fingerprint density at radius 2 is 2.00 bits per heavy atom. The first-order valence-electron chi connectivity index (χ1n) is 5.21. The molecule has 0 fully saturated rings. The Hall–Kier alpha value is -0.900. The van der Waals surface area contributed by atoms with Gasteiger partial charge in [-0.15, -0.1) is 0 Å². The molecule has 0 saturated carbocycles. The second kappa shape index (κ2) is 5.10. The lowest BCUT2D eigenvalue weighted by Gasteiger charge is -2.04. The normalized spacial score (nSPS) is 11.6. The third-order valence-electron chi connectivity index (χ3n) is 1.91. The van der Waals surface area contributed by atoms with Gasteiger partial charge in [0.05, 0.1) is 6.54 Å². The molecule has 0 aliphatic carbocycles. The van der Waals surface area contributed by atoms with Crippen molar-refractivity contribution in [1.82, 2.24) is 20.5 Å². The van der Waals surface area contributed by atoms with Gasteiger partial charge in [0.2, 0.25) is 0 Å². The number of aromatic nitrogens is 3. The van der Waals surface area contributed by atoms with E-state index in [1.165, 1.54) is 0 Å². The predicted molar refractivity (Wildman–Crippen MR) is 57.0 cm³/mol. The van der Waals surface area contributed by atoms with Gasteiger partial charge in [0.25, 0.3) is 0 Å². The van der Waals surface area contributed by atoms with Gasteiger partial charge in [0.15, 0.2) is 5.82 Å². The zero-order valence-electron chi connectivity index (χ0n) is 9.46. The monoisotopic (exact) mass is 196 g/mol. The van der Waals surface area contributed by atoms with Gasteiger partial charge in [0, 0.05) is 5.92 Å². The molecular weight excluding hydrogens is 176 g/mol. The van der Waals surface area contributed by atoms with Crippen molar-refractivity contribution in [2.75, 3.05) is 6.54 Å². The Labute approximate surface area is 85.5 Å². The van der Waals surface area contributed by atoms with Crippen molar-refractivity contribution in [3.05, 3.63) is 11.6 Å². The molecule has 0 aliphatic rings. The standard InChI is InChI=1S/C10H20N4/c1-7(2)5-11-6-9-12-10(8(3)4)14-13-9/h7-8,11H,5-6H2,1-4H3,(H,12,13,14). The molecule has 4 heteroatoms. The maximum Gasteiger partial charge on any atom is 0.153 e. The van der Waals surface area contributed by atoms with Gasteiger partial charge in [-0.05, 0) is 12.5 Å². The molecule has 0 bridgehead atoms. The largest absolute Gasteiger partial charge is 0.310 e. The summed E-state index contributed by atoms with van der Waals surface area (Å²) >= 11 is 0. The summed E-state index contributed by atoms with van der Waals surface area (Å²) in [7, 11) is 0. The highest BCUT2D eigenvalue weighted by Gasteiger charge is 2.06. The van der Waals surface area contributed by atoms with Crippen LogP contribution in [0.1, 0.15) is 45.3 Å². The molecule has 0 amide bonds. The number of nitrogens with one attached hydrogen (secondary N) is 2. The van der Waals surface area contributed by atoms with Crippen molar-refractivity contribution in [2.45, 2.75) is 40.2 Å². The highest BCUT2D eigenvalue weighted by Crippen LogP contribution is 2.07. The van der Waals surface area contributed by atoms with Crippen LogP contribution in [0.3, 0.4) is 0 Å². The molecular formula is C10H20N4. The number of aromatic amines is 1. The zero-order valence-corrected chi connectivity index (χ0v) is 9.46. The summed E-state index contributed by atoms with van der Waals surface area (Å²) < 4.78 is 0. The van der Waals surface area contributed by atoms with Gasteiger partial charge in [-0.25, -0.2) is 4.98 Å². The van der Waals surface area contributed by atoms with E-state index in [0.717, 1.165) is 24.7 Å². The summed E-state index contributed by atoms with van der Waals surface area (Å²) in [5, 5.41) is 10.4. The van der Waals surface area contributed by atoms with Crippen LogP contribution in [0.4, 0.5) is 0 Å². The Bertz CT molecular complexity index is 265. The molecule has 1 rings (SSSR count). The summed E-state index contributed by atoms with van der Waals surface area (Å²) in [6, 6.07) is 0. The molecule has 1 heterocycles. The zero-order chi connectivity index (χ0) is 10.6. The number of hydrogen-bond acceptors (Lipinski definition) is 3. The Morgan fingerprint density at radius 3 is 2.50 bits per heavy atom. The minimum atomic E-state index is 0.394. The van der Waals surface area contributed by atoms with E-state index in [2.05, 4.69) is 48.2 Å². The number of hydrogen-bond donors (Lipinski definition) is 2. The van der Waals surface area contributed by atoms with Crippen LogP contribution in [0.25, 0.3) is 0 Å². The molecule has 0 aromatic carbocycles. The summed E-state index contributed by atoms with van der Waals surface area (Å²) in [6.07, 6.45) is 0. The second-order valence-corrected chi connectivity index (χ2v) is 4.32. The average Bonchev–Trinajstić information content (AvgIpc) is 2.52. The van der Waals surface area contributed by atoms with Crippen LogP contribution in [-0.2, 0) is 6.54 Å². The van der Waals surface area contributed by atoms with Crippen LogP contribution < -0.4 is 5.32 Å². The lowest BCUT2D eigenvalue weighted by molar-refractivity contribution is 0.543. The van der Waals surface area contributed by atoms with E-state index in [1.807, 2.05) is 0 Å². The Kier molecular flexibility index (Phi) is 4.07. The SMILES string of the molecule is CC(C)CNCc1nc(C(C)C)n[nH]1. The van der Waals surface area contributed by atoms with E-state index in [-0.39, 0.29) is 0 Å². The summed E-state index contributed by atoms with van der Waals surface area (Å²) in [5.74, 6) is 2.88. The summed E-state index contributed by atoms with van der Waals surface area (Å²) in [5.41, 5.74) is 0. The molecule has 1 aromatic rings. The minimum absolute atomic E-state index is 0.394. The highest BCUT2D eigenvalue weighted by molar-refractivity contribution is 4.94. The molecule has 0 aliphatic heterocycles. The summed E-state index contributed by atoms with van der Waals surface area (Å²) in [4.78, 5) is 4.38. The summed E-state index contributed by atoms with van der Waals surface area (Å²) in [6.45, 7) is 10.3. The fraction of sp³-hybridized carbons (Fsp3) is 0.800. The second-order valence-electron chi connectivity index (χ2n) is 4.32. The first-order chi connectivity index (χ1) is 6.59. The quantitative estimate of drug-likeness (QED) is 0.753. The fourth-order valence-electron chi connectivity index (χ4n) is 1.13. The minimum Gasteiger partial charge on any atom is -0.310 e. The average molecular weight is 196 g/mol. The predicted octanol–water partition coefficient (Wildman–Crippen LogP) is 1.67. The van der Waals surface area contributed by atoms with E-state index in [4.69, 9.17) is 0 Å². The van der Waals surface area contributed by atoms with Crippen LogP contribution in [0.5, 0.6) is 0 Å². The molecule has 0 spiro atoms. The van der Waals surface area contributed by atoms with Crippen LogP contribution in [-0.4, -0.2) is 21.7 Å². The van der Waals surface area contributed by atoms with Crippen molar-refractivity contribution in [2.24, 2.45) is 5.92 Å². The van der Waals surface area contributed by atoms with Crippen LogP contribution in [0.2, 0.25) is 0 Å². The third kappa shape index (κ3) is 3.46. The number of rotatable bonds is 5. The Balaban J connectivity index is 2.36. The molecule has 1 aromatic heterocycles. The number of nitrogens with zero attached hydrogens (tertiary/aromatic N) is 2. The van der Waals surface area contributed by atoms with Crippen molar-refractivity contribution >= 4 is 0 Å². The van der Waals surface area contributed by atoms with E-state index in [1.54, 1.807) is 0 Å². The lowest BCUT2D eigenvalue weighted by Crippen LogP contribution is -2.19. The molecule has 0 atom stereocenters. The van der Waals surface area contributed by atoms with E-state index >= 15 is 0 Å². The molecule has 14 heavy (non-hydrogen) atoms. The molecule has 0 radical (unpaired) electrons. The first-order valence-corrected chi connectivity index (χ1v) is 5.21. The van der Waals surface area contributed by atoms with E-state index in [0.29, 0.717) is 11.8 Å². The maximum atomic E-state index is 4.38. The lowest BCUT2D eigenvalue weighted by atomic mass is 10.2. The van der Waals surface area contributed by atoms with Crippen LogP contribution in [0.15, 0.2) is 0 Å². The van der Waals surface area contributed by atoms with Crippen molar-refractivity contribution < 1.29 is 0 Å². The van der Waals surface area contributed by atoms with E-state index in [9.17, 15) is 0 Å². The highest BCUT2D eigenvalue weighted by atomic mass is 15.2. The van der Waals surface area contributed by atoms with Gasteiger partial charge < -0.3 is 5.32 Å². The molecule has 80 valence electrons. The fourth-order valence-corrected chi connectivity index (χ4v) is 1.13. The Morgan fingerprint density at radius 1 is 1.29 bits per heavy atom. The smallest absolute Gasteiger partial charge is 0.153 e. The van der Waals surface area contributed by atoms with Gasteiger partial charge in [-0.1, -0.05) is 27.7 Å². The van der Waals surface area contributed by atoms with Crippen molar-refractivity contribution in [3.8, 4) is 0 Å². The van der Waals surface area contributed by atoms with Gasteiger partial charge in [0.1, 0.15) is 5.82 Å². The van der Waals surface area contributed by atoms with Crippen LogP contribution >= 0.6 is 0 Å². The van der Waals surface area contributed by atoms with Gasteiger partial charge in [-0.2, -0.15) is 5.10 Å². The van der Waals surface area contributed by atoms with Gasteiger partial charge in [-0.3, -0.25) is 5.10 Å². The van der Waals surface area contributed by atoms with Crippen LogP contribution in [0, 0.1) is 5.92 Å². The number of H-pyrrole nitrogens is 1. The topological polar surface area (TPSA) is 53.6 Å². The first kappa shape index (κ1) is 11.2. The van der Waals surface area contributed by atoms with Gasteiger partial charge >= 0.3 is 0 Å². The molecule has 2 N–H and O–H groups in total. The van der Waals surface area contributed by atoms with Crippen molar-refractivity contribution in [3.63, 3.8) is 0 Å². The molecule has 0 saturated heterocycles. The third-order valence-corrected chi connectivity index (χ3v) is 1.91. The molecule has 0 unspecified atom stereocenters. The molecule has 4 nitrogen and oxygen atoms in total. The van der Waals surface area contributed by atoms with E-state index < -0.39 is 0 Å².